The van der Waals surface area contributed by atoms with Crippen LogP contribution in [-0.2, 0) is 0 Å². The number of carboxylic acid groups (broad SMARTS) is 1. The fourth-order valence-electron chi connectivity index (χ4n) is 2.19. The van der Waals surface area contributed by atoms with E-state index in [9.17, 15) is 15.0 Å². The third kappa shape index (κ3) is 4.93. The van der Waals surface area contributed by atoms with Gasteiger partial charge in [-0.3, -0.25) is 0 Å². The van der Waals surface area contributed by atoms with Crippen molar-refractivity contribution >= 4 is 23.4 Å². The fourth-order valence-corrected chi connectivity index (χ4v) is 3.01. The second kappa shape index (κ2) is 7.71. The van der Waals surface area contributed by atoms with Gasteiger partial charge in [0.1, 0.15) is 0 Å². The summed E-state index contributed by atoms with van der Waals surface area (Å²) >= 11 is 1.52. The zero-order valence-electron chi connectivity index (χ0n) is 13.1. The summed E-state index contributed by atoms with van der Waals surface area (Å²) in [6, 6.07) is 5.49. The van der Waals surface area contributed by atoms with E-state index in [1.54, 1.807) is 6.07 Å². The number of carbonyl (C=O) groups is 1. The molecule has 0 radical (unpaired) electrons. The van der Waals surface area contributed by atoms with Crippen molar-refractivity contribution in [2.24, 2.45) is 5.41 Å². The van der Waals surface area contributed by atoms with Crippen LogP contribution in [0.15, 0.2) is 23.1 Å². The largest absolute Gasteiger partial charge is 0.478 e. The van der Waals surface area contributed by atoms with Crippen molar-refractivity contribution in [3.8, 4) is 0 Å². The molecule has 21 heavy (non-hydrogen) atoms. The van der Waals surface area contributed by atoms with Gasteiger partial charge in [0.2, 0.25) is 0 Å². The maximum absolute atomic E-state index is 11.6. The van der Waals surface area contributed by atoms with E-state index in [0.717, 1.165) is 10.6 Å². The molecule has 1 rings (SSSR count). The van der Waals surface area contributed by atoms with Gasteiger partial charge in [-0.2, -0.15) is 0 Å². The van der Waals surface area contributed by atoms with Crippen molar-refractivity contribution in [3.05, 3.63) is 23.8 Å². The Morgan fingerprint density at radius 1 is 1.38 bits per heavy atom. The first kappa shape index (κ1) is 17.9. The average molecular weight is 311 g/mol. The first-order valence-corrected chi connectivity index (χ1v) is 8.16. The molecule has 0 fully saturated rings. The van der Waals surface area contributed by atoms with E-state index >= 15 is 0 Å². The molecule has 0 heterocycles. The number of nitrogens with one attached hydrogen (secondary N) is 1. The van der Waals surface area contributed by atoms with Crippen LogP contribution in [0.3, 0.4) is 0 Å². The van der Waals surface area contributed by atoms with Crippen molar-refractivity contribution < 1.29 is 15.0 Å². The number of hydrogen-bond acceptors (Lipinski definition) is 4. The summed E-state index contributed by atoms with van der Waals surface area (Å²) in [5.41, 5.74) is 0.859. The van der Waals surface area contributed by atoms with E-state index in [-0.39, 0.29) is 18.1 Å². The van der Waals surface area contributed by atoms with Gasteiger partial charge < -0.3 is 15.5 Å². The fraction of sp³-hybridized carbons (Fsp3) is 0.562. The minimum Gasteiger partial charge on any atom is -0.478 e. The second-order valence-corrected chi connectivity index (χ2v) is 7.30. The van der Waals surface area contributed by atoms with E-state index in [2.05, 4.69) is 26.1 Å². The Hall–Kier alpha value is -1.20. The maximum Gasteiger partial charge on any atom is 0.338 e. The summed E-state index contributed by atoms with van der Waals surface area (Å²) in [6.07, 6.45) is 0.577. The van der Waals surface area contributed by atoms with Crippen LogP contribution in [0.25, 0.3) is 0 Å². The Bertz CT molecular complexity index is 483. The number of hydrogen-bond donors (Lipinski definition) is 3. The van der Waals surface area contributed by atoms with Gasteiger partial charge in [0.25, 0.3) is 0 Å². The van der Waals surface area contributed by atoms with E-state index in [1.165, 1.54) is 11.8 Å². The molecule has 4 nitrogen and oxygen atoms in total. The predicted octanol–water partition coefficient (Wildman–Crippen LogP) is 3.71. The molecule has 1 unspecified atom stereocenters. The van der Waals surface area contributed by atoms with E-state index in [1.807, 2.05) is 19.1 Å². The molecule has 1 atom stereocenters. The van der Waals surface area contributed by atoms with Crippen molar-refractivity contribution in [1.82, 2.24) is 0 Å². The molecule has 0 saturated carbocycles. The minimum atomic E-state index is -0.925. The standard InChI is InChI=1S/C16H25NO3S/c1-5-21-12-8-6-7-11(14(12)15(19)20)17-13(9-10-18)16(2,3)4/h6-8,13,17-18H,5,9-10H2,1-4H3,(H,19,20). The second-order valence-electron chi connectivity index (χ2n) is 5.99. The van der Waals surface area contributed by atoms with E-state index < -0.39 is 5.97 Å². The van der Waals surface area contributed by atoms with Crippen LogP contribution >= 0.6 is 11.8 Å². The number of aromatic carboxylic acids is 1. The van der Waals surface area contributed by atoms with Gasteiger partial charge in [-0.05, 0) is 29.7 Å². The van der Waals surface area contributed by atoms with Gasteiger partial charge >= 0.3 is 5.97 Å². The SMILES string of the molecule is CCSc1cccc(NC(CCO)C(C)(C)C)c1C(=O)O. The molecule has 0 aliphatic heterocycles. The maximum atomic E-state index is 11.6. The summed E-state index contributed by atoms with van der Waals surface area (Å²) in [7, 11) is 0. The number of aliphatic hydroxyl groups excluding tert-OH is 1. The number of benzene rings is 1. The van der Waals surface area contributed by atoms with Crippen molar-refractivity contribution in [2.75, 3.05) is 17.7 Å². The lowest BCUT2D eigenvalue weighted by Crippen LogP contribution is -2.35. The van der Waals surface area contributed by atoms with Gasteiger partial charge in [-0.25, -0.2) is 4.79 Å². The summed E-state index contributed by atoms with van der Waals surface area (Å²) in [4.78, 5) is 12.4. The van der Waals surface area contributed by atoms with Crippen molar-refractivity contribution in [3.63, 3.8) is 0 Å². The van der Waals surface area contributed by atoms with E-state index in [4.69, 9.17) is 0 Å². The first-order chi connectivity index (χ1) is 9.81. The molecule has 0 aromatic heterocycles. The third-order valence-corrected chi connectivity index (χ3v) is 4.27. The minimum absolute atomic E-state index is 0.00229. The van der Waals surface area contributed by atoms with Crippen LogP contribution in [0.1, 0.15) is 44.5 Å². The summed E-state index contributed by atoms with van der Waals surface area (Å²) in [5, 5.41) is 22.1. The lowest BCUT2D eigenvalue weighted by atomic mass is 9.84. The van der Waals surface area contributed by atoms with Gasteiger partial charge in [-0.15, -0.1) is 11.8 Å². The summed E-state index contributed by atoms with van der Waals surface area (Å²) < 4.78 is 0. The normalized spacial score (nSPS) is 13.0. The molecule has 118 valence electrons. The van der Waals surface area contributed by atoms with E-state index in [0.29, 0.717) is 17.7 Å². The van der Waals surface area contributed by atoms with Crippen LogP contribution < -0.4 is 5.32 Å². The Morgan fingerprint density at radius 2 is 2.05 bits per heavy atom. The summed E-state index contributed by atoms with van der Waals surface area (Å²) in [5.74, 6) is -0.103. The molecular weight excluding hydrogens is 286 g/mol. The zero-order chi connectivity index (χ0) is 16.0. The molecule has 0 aliphatic rings. The topological polar surface area (TPSA) is 69.6 Å². The van der Waals surface area contributed by atoms with Gasteiger partial charge in [0, 0.05) is 17.5 Å². The molecule has 1 aromatic rings. The first-order valence-electron chi connectivity index (χ1n) is 7.17. The monoisotopic (exact) mass is 311 g/mol. The highest BCUT2D eigenvalue weighted by atomic mass is 32.2. The highest BCUT2D eigenvalue weighted by Gasteiger charge is 2.26. The number of thioether (sulfide) groups is 1. The Labute approximate surface area is 131 Å². The van der Waals surface area contributed by atoms with Crippen molar-refractivity contribution in [1.29, 1.82) is 0 Å². The quantitative estimate of drug-likeness (QED) is 0.670. The summed E-state index contributed by atoms with van der Waals surface area (Å²) in [6.45, 7) is 8.29. The molecule has 0 saturated heterocycles. The number of aliphatic hydroxyl groups is 1. The highest BCUT2D eigenvalue weighted by molar-refractivity contribution is 7.99. The number of rotatable bonds is 7. The average Bonchev–Trinajstić information content (AvgIpc) is 2.37. The number of anilines is 1. The lowest BCUT2D eigenvalue weighted by molar-refractivity contribution is 0.0694. The Kier molecular flexibility index (Phi) is 6.55. The van der Waals surface area contributed by atoms with Gasteiger partial charge in [0.15, 0.2) is 0 Å². The van der Waals surface area contributed by atoms with Crippen LogP contribution in [-0.4, -0.2) is 34.6 Å². The molecule has 3 N–H and O–H groups in total. The molecule has 0 amide bonds. The zero-order valence-corrected chi connectivity index (χ0v) is 14.0. The van der Waals surface area contributed by atoms with Crippen LogP contribution in [0.4, 0.5) is 5.69 Å². The van der Waals surface area contributed by atoms with Gasteiger partial charge in [-0.1, -0.05) is 33.8 Å². The third-order valence-electron chi connectivity index (χ3n) is 3.33. The number of carboxylic acids is 1. The van der Waals surface area contributed by atoms with Crippen molar-refractivity contribution in [2.45, 2.75) is 45.1 Å². The highest BCUT2D eigenvalue weighted by Crippen LogP contribution is 2.32. The van der Waals surface area contributed by atoms with Crippen LogP contribution in [0.2, 0.25) is 0 Å². The van der Waals surface area contributed by atoms with Gasteiger partial charge in [0.05, 0.1) is 11.3 Å². The molecular formula is C16H25NO3S. The van der Waals surface area contributed by atoms with Crippen LogP contribution in [0, 0.1) is 5.41 Å². The molecule has 0 spiro atoms. The predicted molar refractivity (Wildman–Crippen MR) is 88.4 cm³/mol. The molecule has 5 heteroatoms. The van der Waals surface area contributed by atoms with Crippen LogP contribution in [0.5, 0.6) is 0 Å². The smallest absolute Gasteiger partial charge is 0.338 e. The molecule has 0 bridgehead atoms. The Balaban J connectivity index is 3.16. The molecule has 1 aromatic carbocycles. The lowest BCUT2D eigenvalue weighted by Gasteiger charge is -2.32. The molecule has 0 aliphatic carbocycles. The Morgan fingerprint density at radius 3 is 2.52 bits per heavy atom.